The van der Waals surface area contributed by atoms with Crippen molar-refractivity contribution in [3.8, 4) is 5.75 Å². The van der Waals surface area contributed by atoms with Crippen LogP contribution >= 0.6 is 0 Å². The van der Waals surface area contributed by atoms with Gasteiger partial charge in [-0.1, -0.05) is 30.3 Å². The van der Waals surface area contributed by atoms with Gasteiger partial charge in [0, 0.05) is 44.4 Å². The monoisotopic (exact) mass is 340 g/mol. The van der Waals surface area contributed by atoms with E-state index in [1.54, 1.807) is 41.3 Å². The standard InChI is InChI=1S/C20H21FN2O2/c21-18-8-5-16(6-9-18)15-22-11-13-23(14-12-22)20(25)10-7-17-3-1-2-4-19(17)24/h1-10,24H,11-15H2/b10-7+. The summed E-state index contributed by atoms with van der Waals surface area (Å²) in [4.78, 5) is 16.3. The zero-order valence-corrected chi connectivity index (χ0v) is 13.9. The largest absolute Gasteiger partial charge is 0.507 e. The Morgan fingerprint density at radius 1 is 1.04 bits per heavy atom. The van der Waals surface area contributed by atoms with E-state index in [0.717, 1.165) is 25.2 Å². The van der Waals surface area contributed by atoms with Crippen molar-refractivity contribution in [1.82, 2.24) is 9.80 Å². The molecule has 1 fully saturated rings. The Morgan fingerprint density at radius 3 is 2.40 bits per heavy atom. The molecule has 130 valence electrons. The highest BCUT2D eigenvalue weighted by atomic mass is 19.1. The average Bonchev–Trinajstić information content (AvgIpc) is 2.63. The van der Waals surface area contributed by atoms with E-state index in [1.165, 1.54) is 18.2 Å². The molecule has 0 unspecified atom stereocenters. The van der Waals surface area contributed by atoms with Crippen molar-refractivity contribution in [2.24, 2.45) is 0 Å². The average molecular weight is 340 g/mol. The lowest BCUT2D eigenvalue weighted by Crippen LogP contribution is -2.47. The first-order valence-electron chi connectivity index (χ1n) is 8.33. The molecular weight excluding hydrogens is 319 g/mol. The van der Waals surface area contributed by atoms with Crippen LogP contribution in [0.4, 0.5) is 4.39 Å². The number of amides is 1. The van der Waals surface area contributed by atoms with Crippen molar-refractivity contribution in [3.05, 3.63) is 71.6 Å². The molecule has 0 saturated carbocycles. The molecule has 25 heavy (non-hydrogen) atoms. The van der Waals surface area contributed by atoms with Gasteiger partial charge in [0.05, 0.1) is 0 Å². The minimum absolute atomic E-state index is 0.0512. The molecule has 4 nitrogen and oxygen atoms in total. The van der Waals surface area contributed by atoms with Gasteiger partial charge in [-0.25, -0.2) is 4.39 Å². The van der Waals surface area contributed by atoms with Gasteiger partial charge in [-0.2, -0.15) is 0 Å². The first-order valence-corrected chi connectivity index (χ1v) is 8.33. The van der Waals surface area contributed by atoms with Crippen LogP contribution in [0.25, 0.3) is 6.08 Å². The van der Waals surface area contributed by atoms with Gasteiger partial charge < -0.3 is 10.0 Å². The number of halogens is 1. The first kappa shape index (κ1) is 17.2. The Kier molecular flexibility index (Phi) is 5.46. The van der Waals surface area contributed by atoms with Gasteiger partial charge in [0.15, 0.2) is 0 Å². The fourth-order valence-electron chi connectivity index (χ4n) is 2.87. The van der Waals surface area contributed by atoms with E-state index in [0.29, 0.717) is 18.7 Å². The van der Waals surface area contributed by atoms with Crippen molar-refractivity contribution in [2.75, 3.05) is 26.2 Å². The number of nitrogens with zero attached hydrogens (tertiary/aromatic N) is 2. The van der Waals surface area contributed by atoms with Gasteiger partial charge in [-0.3, -0.25) is 9.69 Å². The van der Waals surface area contributed by atoms with E-state index in [2.05, 4.69) is 4.90 Å². The minimum atomic E-state index is -0.226. The maximum Gasteiger partial charge on any atom is 0.246 e. The molecule has 5 heteroatoms. The van der Waals surface area contributed by atoms with E-state index in [1.807, 2.05) is 6.07 Å². The molecule has 1 heterocycles. The highest BCUT2D eigenvalue weighted by Gasteiger charge is 2.19. The molecule has 2 aromatic rings. The fourth-order valence-corrected chi connectivity index (χ4v) is 2.87. The number of carbonyl (C=O) groups is 1. The molecule has 0 radical (unpaired) electrons. The molecule has 0 bridgehead atoms. The van der Waals surface area contributed by atoms with Crippen molar-refractivity contribution in [3.63, 3.8) is 0 Å². The van der Waals surface area contributed by atoms with E-state index < -0.39 is 0 Å². The molecule has 0 aliphatic carbocycles. The van der Waals surface area contributed by atoms with Crippen LogP contribution in [0.1, 0.15) is 11.1 Å². The molecule has 3 rings (SSSR count). The maximum absolute atomic E-state index is 12.9. The normalized spacial score (nSPS) is 15.6. The number of aromatic hydroxyl groups is 1. The SMILES string of the molecule is O=C(/C=C/c1ccccc1O)N1CCN(Cc2ccc(F)cc2)CC1. The predicted molar refractivity (Wildman–Crippen MR) is 95.4 cm³/mol. The molecule has 0 spiro atoms. The summed E-state index contributed by atoms with van der Waals surface area (Å²) in [5, 5.41) is 9.72. The number of carbonyl (C=O) groups excluding carboxylic acids is 1. The van der Waals surface area contributed by atoms with Gasteiger partial charge in [0.2, 0.25) is 5.91 Å². The Morgan fingerprint density at radius 2 is 1.72 bits per heavy atom. The van der Waals surface area contributed by atoms with Crippen LogP contribution < -0.4 is 0 Å². The summed E-state index contributed by atoms with van der Waals surface area (Å²) >= 11 is 0. The second kappa shape index (κ2) is 7.94. The molecule has 1 aliphatic rings. The lowest BCUT2D eigenvalue weighted by atomic mass is 10.1. The summed E-state index contributed by atoms with van der Waals surface area (Å²) in [6.45, 7) is 3.65. The highest BCUT2D eigenvalue weighted by molar-refractivity contribution is 5.92. The number of hydrogen-bond acceptors (Lipinski definition) is 3. The van der Waals surface area contributed by atoms with Crippen LogP contribution in [0.5, 0.6) is 5.75 Å². The van der Waals surface area contributed by atoms with Crippen LogP contribution in [-0.4, -0.2) is 47.0 Å². The zero-order valence-electron chi connectivity index (χ0n) is 13.9. The van der Waals surface area contributed by atoms with Gasteiger partial charge in [-0.15, -0.1) is 0 Å². The molecule has 1 aliphatic heterocycles. The number of hydrogen-bond donors (Lipinski definition) is 1. The third-order valence-electron chi connectivity index (χ3n) is 4.35. The van der Waals surface area contributed by atoms with E-state index in [4.69, 9.17) is 0 Å². The van der Waals surface area contributed by atoms with Crippen molar-refractivity contribution < 1.29 is 14.3 Å². The van der Waals surface area contributed by atoms with Gasteiger partial charge in [-0.05, 0) is 29.8 Å². The van der Waals surface area contributed by atoms with Crippen molar-refractivity contribution in [2.45, 2.75) is 6.54 Å². The molecule has 0 atom stereocenters. The number of piperazine rings is 1. The summed E-state index contributed by atoms with van der Waals surface area (Å²) in [6, 6.07) is 13.5. The maximum atomic E-state index is 12.9. The van der Waals surface area contributed by atoms with Crippen LogP contribution in [0.2, 0.25) is 0 Å². The molecule has 1 saturated heterocycles. The number of benzene rings is 2. The first-order chi connectivity index (χ1) is 12.1. The summed E-state index contributed by atoms with van der Waals surface area (Å²) in [7, 11) is 0. The van der Waals surface area contributed by atoms with Crippen LogP contribution in [0, 0.1) is 5.82 Å². The predicted octanol–water partition coefficient (Wildman–Crippen LogP) is 2.89. The minimum Gasteiger partial charge on any atom is -0.507 e. The summed E-state index contributed by atoms with van der Waals surface area (Å²) < 4.78 is 12.9. The van der Waals surface area contributed by atoms with Gasteiger partial charge >= 0.3 is 0 Å². The van der Waals surface area contributed by atoms with Crippen LogP contribution in [0.3, 0.4) is 0 Å². The lowest BCUT2D eigenvalue weighted by Gasteiger charge is -2.34. The second-order valence-electron chi connectivity index (χ2n) is 6.12. The summed E-state index contributed by atoms with van der Waals surface area (Å²) in [5.41, 5.74) is 1.70. The molecule has 0 aromatic heterocycles. The van der Waals surface area contributed by atoms with Gasteiger partial charge in [0.1, 0.15) is 11.6 Å². The summed E-state index contributed by atoms with van der Waals surface area (Å²) in [5.74, 6) is -0.115. The van der Waals surface area contributed by atoms with Crippen LogP contribution in [-0.2, 0) is 11.3 Å². The van der Waals surface area contributed by atoms with E-state index >= 15 is 0 Å². The Labute approximate surface area is 146 Å². The Hall–Kier alpha value is -2.66. The molecule has 2 aromatic carbocycles. The molecule has 1 amide bonds. The Balaban J connectivity index is 1.50. The number of phenols is 1. The Bertz CT molecular complexity index is 751. The van der Waals surface area contributed by atoms with E-state index in [-0.39, 0.29) is 17.5 Å². The zero-order chi connectivity index (χ0) is 17.6. The number of para-hydroxylation sites is 1. The third-order valence-corrected chi connectivity index (χ3v) is 4.35. The van der Waals surface area contributed by atoms with Crippen molar-refractivity contribution in [1.29, 1.82) is 0 Å². The lowest BCUT2D eigenvalue weighted by molar-refractivity contribution is -0.127. The fraction of sp³-hybridized carbons (Fsp3) is 0.250. The number of rotatable bonds is 4. The topological polar surface area (TPSA) is 43.8 Å². The molecule has 1 N–H and O–H groups in total. The number of phenolic OH excluding ortho intramolecular Hbond substituents is 1. The van der Waals surface area contributed by atoms with Gasteiger partial charge in [0.25, 0.3) is 0 Å². The quantitative estimate of drug-likeness (QED) is 0.871. The summed E-state index contributed by atoms with van der Waals surface area (Å²) in [6.07, 6.45) is 3.15. The third kappa shape index (κ3) is 4.67. The highest BCUT2D eigenvalue weighted by Crippen LogP contribution is 2.17. The smallest absolute Gasteiger partial charge is 0.246 e. The molecular formula is C20H21FN2O2. The van der Waals surface area contributed by atoms with E-state index in [9.17, 15) is 14.3 Å². The second-order valence-corrected chi connectivity index (χ2v) is 6.12. The van der Waals surface area contributed by atoms with Crippen molar-refractivity contribution >= 4 is 12.0 Å². The van der Waals surface area contributed by atoms with Crippen LogP contribution in [0.15, 0.2) is 54.6 Å².